The summed E-state index contributed by atoms with van der Waals surface area (Å²) < 4.78 is 47.2. The molecule has 2 fully saturated rings. The number of ether oxygens (including phenoxy) is 1. The lowest BCUT2D eigenvalue weighted by Crippen LogP contribution is -2.34. The highest BCUT2D eigenvalue weighted by atomic mass is 32.2. The van der Waals surface area contributed by atoms with E-state index in [1.807, 2.05) is 0 Å². The Morgan fingerprint density at radius 3 is 2.62 bits per heavy atom. The summed E-state index contributed by atoms with van der Waals surface area (Å²) in [5, 5.41) is 20.1. The first-order valence-electron chi connectivity index (χ1n) is 9.27. The number of aliphatic hydroxyl groups excluding tert-OH is 1. The van der Waals surface area contributed by atoms with Crippen molar-refractivity contribution in [1.82, 2.24) is 4.72 Å². The molecule has 2 aromatic carbocycles. The number of halogens is 1. The number of rotatable bonds is 6. The van der Waals surface area contributed by atoms with Crippen molar-refractivity contribution < 1.29 is 32.6 Å². The smallest absolute Gasteiger partial charge is 0.326 e. The van der Waals surface area contributed by atoms with Gasteiger partial charge in [0.15, 0.2) is 5.82 Å². The van der Waals surface area contributed by atoms with E-state index in [1.165, 1.54) is 12.1 Å². The first-order chi connectivity index (χ1) is 13.7. The third-order valence-electron chi connectivity index (χ3n) is 5.72. The number of hydrogen-bond donors (Lipinski definition) is 3. The van der Waals surface area contributed by atoms with Crippen LogP contribution in [0.1, 0.15) is 25.7 Å². The monoisotopic (exact) mass is 424 g/mol. The summed E-state index contributed by atoms with van der Waals surface area (Å²) >= 11 is 0. The maximum atomic E-state index is 15.2. The van der Waals surface area contributed by atoms with Crippen LogP contribution in [0.2, 0.25) is 0 Å². The number of phenolic OH excluding ortho intramolecular Hbond substituents is 1. The van der Waals surface area contributed by atoms with Gasteiger partial charge < -0.3 is 14.9 Å². The van der Waals surface area contributed by atoms with E-state index in [0.717, 1.165) is 19.3 Å². The Kier molecular flexibility index (Phi) is 4.78. The molecule has 1 heterocycles. The fourth-order valence-electron chi connectivity index (χ4n) is 3.83. The van der Waals surface area contributed by atoms with Gasteiger partial charge in [0.2, 0.25) is 0 Å². The van der Waals surface area contributed by atoms with Gasteiger partial charge in [0.25, 0.3) is 5.91 Å². The van der Waals surface area contributed by atoms with E-state index in [-0.39, 0.29) is 17.4 Å². The molecule has 3 N–H and O–H groups in total. The molecule has 1 saturated heterocycles. The molecular weight excluding hydrogens is 403 g/mol. The van der Waals surface area contributed by atoms with Gasteiger partial charge in [0.1, 0.15) is 23.7 Å². The number of fused-ring (bicyclic) bond motifs is 1. The minimum atomic E-state index is -4.26. The molecule has 0 unspecified atom stereocenters. The maximum absolute atomic E-state index is 15.2. The summed E-state index contributed by atoms with van der Waals surface area (Å²) in [6.07, 6.45) is 3.69. The number of carbonyl (C=O) groups excluding carboxylic acids is 1. The molecule has 2 aromatic rings. The molecule has 156 valence electrons. The van der Waals surface area contributed by atoms with E-state index in [2.05, 4.69) is 0 Å². The molecule has 0 atom stereocenters. The van der Waals surface area contributed by atoms with Crippen LogP contribution in [0.3, 0.4) is 0 Å². The van der Waals surface area contributed by atoms with Crippen LogP contribution in [0.15, 0.2) is 24.3 Å². The summed E-state index contributed by atoms with van der Waals surface area (Å²) in [7, 11) is -4.26. The molecule has 8 nitrogen and oxygen atoms in total. The standard InChI is InChI=1S/C19H21FN2O6S/c20-17-14-9-13(28-7-6-19(11-23)4-1-5-19)3-2-12(14)8-15(24)18(17)22-10-16(25)21-29(22,26)27/h2-3,8-9,23-24H,1,4-7,10-11H2,(H,21,25). The number of aliphatic hydroxyl groups is 1. The van der Waals surface area contributed by atoms with Crippen molar-refractivity contribution in [1.29, 1.82) is 0 Å². The highest BCUT2D eigenvalue weighted by molar-refractivity contribution is 7.92. The van der Waals surface area contributed by atoms with Crippen LogP contribution in [0, 0.1) is 11.2 Å². The lowest BCUT2D eigenvalue weighted by Gasteiger charge is -2.40. The zero-order valence-corrected chi connectivity index (χ0v) is 16.3. The van der Waals surface area contributed by atoms with Crippen molar-refractivity contribution in [3.05, 3.63) is 30.1 Å². The summed E-state index contributed by atoms with van der Waals surface area (Å²) in [5.41, 5.74) is -0.674. The number of anilines is 1. The highest BCUT2D eigenvalue weighted by Gasteiger charge is 2.38. The number of aromatic hydroxyl groups is 1. The first-order valence-corrected chi connectivity index (χ1v) is 10.7. The number of benzene rings is 2. The van der Waals surface area contributed by atoms with E-state index >= 15 is 4.39 Å². The molecule has 1 saturated carbocycles. The van der Waals surface area contributed by atoms with Gasteiger partial charge in [-0.15, -0.1) is 0 Å². The second kappa shape index (κ2) is 7.03. The van der Waals surface area contributed by atoms with E-state index in [9.17, 15) is 23.4 Å². The second-order valence-electron chi connectivity index (χ2n) is 7.59. The van der Waals surface area contributed by atoms with Crippen molar-refractivity contribution in [3.8, 4) is 11.5 Å². The van der Waals surface area contributed by atoms with Crippen LogP contribution in [0.5, 0.6) is 11.5 Å². The quantitative estimate of drug-likeness (QED) is 0.651. The topological polar surface area (TPSA) is 116 Å². The van der Waals surface area contributed by atoms with Gasteiger partial charge in [0, 0.05) is 12.0 Å². The first kappa shape index (κ1) is 19.7. The van der Waals surface area contributed by atoms with Crippen molar-refractivity contribution in [3.63, 3.8) is 0 Å². The Balaban J connectivity index is 1.63. The van der Waals surface area contributed by atoms with Crippen molar-refractivity contribution in [2.45, 2.75) is 25.7 Å². The van der Waals surface area contributed by atoms with Crippen LogP contribution >= 0.6 is 0 Å². The van der Waals surface area contributed by atoms with Crippen LogP contribution in [0.25, 0.3) is 10.8 Å². The molecule has 1 aliphatic heterocycles. The fraction of sp³-hybridized carbons (Fsp3) is 0.421. The summed E-state index contributed by atoms with van der Waals surface area (Å²) in [6, 6.07) is 5.86. The average Bonchev–Trinajstić information content (AvgIpc) is 2.90. The number of amides is 1. The molecule has 0 radical (unpaired) electrons. The largest absolute Gasteiger partial charge is 0.506 e. The van der Waals surface area contributed by atoms with Gasteiger partial charge >= 0.3 is 10.2 Å². The maximum Gasteiger partial charge on any atom is 0.326 e. The van der Waals surface area contributed by atoms with Crippen LogP contribution in [0.4, 0.5) is 10.1 Å². The van der Waals surface area contributed by atoms with Gasteiger partial charge in [-0.25, -0.2) is 13.4 Å². The van der Waals surface area contributed by atoms with Crippen LogP contribution in [-0.2, 0) is 15.0 Å². The normalized spacial score (nSPS) is 19.8. The highest BCUT2D eigenvalue weighted by Crippen LogP contribution is 2.43. The third-order valence-corrected chi connectivity index (χ3v) is 7.10. The van der Waals surface area contributed by atoms with Gasteiger partial charge in [0.05, 0.1) is 6.61 Å². The number of nitrogens with zero attached hydrogens (tertiary/aromatic N) is 1. The molecule has 4 rings (SSSR count). The molecule has 0 aromatic heterocycles. The number of nitrogens with one attached hydrogen (secondary N) is 1. The van der Waals surface area contributed by atoms with E-state index in [0.29, 0.717) is 28.5 Å². The molecule has 2 aliphatic rings. The Labute approximate surface area is 167 Å². The SMILES string of the molecule is O=C1CN(c2c(O)cc3ccc(OCCC4(CO)CCC4)cc3c2F)S(=O)(=O)N1. The third kappa shape index (κ3) is 3.46. The molecular formula is C19H21FN2O6S. The Morgan fingerprint density at radius 2 is 2.03 bits per heavy atom. The predicted octanol–water partition coefficient (Wildman–Crippen LogP) is 1.80. The molecule has 10 heteroatoms. The lowest BCUT2D eigenvalue weighted by atomic mass is 9.67. The van der Waals surface area contributed by atoms with Gasteiger partial charge in [-0.1, -0.05) is 12.5 Å². The molecule has 0 spiro atoms. The zero-order chi connectivity index (χ0) is 20.8. The molecule has 0 bridgehead atoms. The Bertz CT molecular complexity index is 1080. The minimum Gasteiger partial charge on any atom is -0.506 e. The van der Waals surface area contributed by atoms with Gasteiger partial charge in [-0.2, -0.15) is 8.42 Å². The average molecular weight is 424 g/mol. The van der Waals surface area contributed by atoms with Gasteiger partial charge in [-0.05, 0) is 48.3 Å². The summed E-state index contributed by atoms with van der Waals surface area (Å²) in [5.74, 6) is -1.97. The summed E-state index contributed by atoms with van der Waals surface area (Å²) in [6.45, 7) is -0.141. The number of hydrogen-bond acceptors (Lipinski definition) is 6. The zero-order valence-electron chi connectivity index (χ0n) is 15.5. The van der Waals surface area contributed by atoms with Crippen LogP contribution < -0.4 is 13.8 Å². The molecule has 1 amide bonds. The van der Waals surface area contributed by atoms with Crippen molar-refractivity contribution in [2.24, 2.45) is 5.41 Å². The fourth-order valence-corrected chi connectivity index (χ4v) is 4.99. The van der Waals surface area contributed by atoms with Gasteiger partial charge in [-0.3, -0.25) is 4.79 Å². The Hall–Kier alpha value is -2.59. The van der Waals surface area contributed by atoms with Crippen molar-refractivity contribution in [2.75, 3.05) is 24.1 Å². The Morgan fingerprint density at radius 1 is 1.28 bits per heavy atom. The lowest BCUT2D eigenvalue weighted by molar-refractivity contribution is -0.117. The predicted molar refractivity (Wildman–Crippen MR) is 103 cm³/mol. The van der Waals surface area contributed by atoms with Crippen molar-refractivity contribution >= 4 is 32.6 Å². The molecule has 29 heavy (non-hydrogen) atoms. The summed E-state index contributed by atoms with van der Waals surface area (Å²) in [4.78, 5) is 11.5. The van der Waals surface area contributed by atoms with Crippen LogP contribution in [-0.4, -0.2) is 44.3 Å². The van der Waals surface area contributed by atoms with E-state index in [1.54, 1.807) is 16.9 Å². The van der Waals surface area contributed by atoms with E-state index < -0.39 is 39.9 Å². The second-order valence-corrected chi connectivity index (χ2v) is 9.18. The van der Waals surface area contributed by atoms with E-state index in [4.69, 9.17) is 4.74 Å². The minimum absolute atomic E-state index is 0.0605. The molecule has 1 aliphatic carbocycles. The number of carbonyl (C=O) groups is 1. The number of phenols is 1.